The van der Waals surface area contributed by atoms with Gasteiger partial charge in [0.05, 0.1) is 12.4 Å². The number of rotatable bonds is 3. The summed E-state index contributed by atoms with van der Waals surface area (Å²) in [5.74, 6) is -1.06. The van der Waals surface area contributed by atoms with E-state index in [2.05, 4.69) is 5.48 Å². The molecule has 1 aliphatic heterocycles. The van der Waals surface area contributed by atoms with Gasteiger partial charge in [0, 0.05) is 32.2 Å². The average molecular weight is 257 g/mol. The van der Waals surface area contributed by atoms with E-state index in [1.165, 1.54) is 6.07 Å². The molecular weight excluding hydrogens is 240 g/mol. The lowest BCUT2D eigenvalue weighted by Gasteiger charge is -2.36. The van der Waals surface area contributed by atoms with Gasteiger partial charge in [-0.25, -0.2) is 8.78 Å². The molecule has 0 spiro atoms. The minimum absolute atomic E-state index is 0.402. The van der Waals surface area contributed by atoms with E-state index in [1.54, 1.807) is 6.92 Å². The van der Waals surface area contributed by atoms with Crippen LogP contribution in [-0.4, -0.2) is 43.0 Å². The first-order chi connectivity index (χ1) is 8.61. The number of anilines is 1. The van der Waals surface area contributed by atoms with Crippen LogP contribution in [0.4, 0.5) is 14.5 Å². The van der Waals surface area contributed by atoms with Crippen LogP contribution in [0.25, 0.3) is 0 Å². The number of piperazine rings is 1. The lowest BCUT2D eigenvalue weighted by atomic mass is 10.1. The minimum Gasteiger partial charge on any atom is -0.366 e. The molecule has 0 atom stereocenters. The number of hydroxylamine groups is 1. The zero-order valence-electron chi connectivity index (χ0n) is 10.3. The third kappa shape index (κ3) is 2.77. The number of hydrogen-bond donors (Lipinski definition) is 2. The monoisotopic (exact) mass is 257 g/mol. The molecule has 1 fully saturated rings. The Hall–Kier alpha value is -1.24. The van der Waals surface area contributed by atoms with Gasteiger partial charge >= 0.3 is 0 Å². The van der Waals surface area contributed by atoms with Gasteiger partial charge in [0.1, 0.15) is 11.6 Å². The molecule has 0 bridgehead atoms. The maximum atomic E-state index is 13.8. The highest BCUT2D eigenvalue weighted by molar-refractivity contribution is 5.54. The maximum Gasteiger partial charge on any atom is 0.149 e. The van der Waals surface area contributed by atoms with Gasteiger partial charge < -0.3 is 10.1 Å². The van der Waals surface area contributed by atoms with Crippen molar-refractivity contribution in [1.29, 1.82) is 0 Å². The molecular formula is C12H17F2N3O. The molecule has 1 aromatic rings. The summed E-state index contributed by atoms with van der Waals surface area (Å²) in [4.78, 5) is 3.94. The first kappa shape index (κ1) is 13.2. The van der Waals surface area contributed by atoms with Crippen LogP contribution in [0.5, 0.6) is 0 Å². The van der Waals surface area contributed by atoms with Gasteiger partial charge in [0.25, 0.3) is 0 Å². The number of hydrogen-bond acceptors (Lipinski definition) is 4. The van der Waals surface area contributed by atoms with Crippen molar-refractivity contribution in [3.8, 4) is 0 Å². The highest BCUT2D eigenvalue weighted by atomic mass is 19.1. The Morgan fingerprint density at radius 3 is 2.44 bits per heavy atom. The summed E-state index contributed by atoms with van der Waals surface area (Å²) in [6.45, 7) is 4.88. The van der Waals surface area contributed by atoms with Gasteiger partial charge in [0.15, 0.2) is 0 Å². The Bertz CT molecular complexity index is 397. The summed E-state index contributed by atoms with van der Waals surface area (Å²) in [6, 6.07) is 2.27. The van der Waals surface area contributed by atoms with E-state index in [1.807, 2.05) is 9.80 Å². The van der Waals surface area contributed by atoms with E-state index in [0.29, 0.717) is 31.0 Å². The molecule has 0 aliphatic carbocycles. The number of benzene rings is 1. The molecule has 0 saturated carbocycles. The average Bonchev–Trinajstić information content (AvgIpc) is 2.30. The molecule has 18 heavy (non-hydrogen) atoms. The molecule has 2 rings (SSSR count). The summed E-state index contributed by atoms with van der Waals surface area (Å²) in [7, 11) is 0. The second kappa shape index (κ2) is 5.60. The summed E-state index contributed by atoms with van der Waals surface area (Å²) in [5, 5.41) is 8.61. The SMILES string of the molecule is Cc1cc(F)cc(F)c1N1CCN(CNO)CC1. The molecule has 1 aromatic carbocycles. The van der Waals surface area contributed by atoms with Gasteiger partial charge in [-0.1, -0.05) is 0 Å². The third-order valence-electron chi connectivity index (χ3n) is 3.20. The van der Waals surface area contributed by atoms with Crippen LogP contribution in [0.2, 0.25) is 0 Å². The fourth-order valence-electron chi connectivity index (χ4n) is 2.32. The van der Waals surface area contributed by atoms with Crippen molar-refractivity contribution < 1.29 is 14.0 Å². The summed E-state index contributed by atoms with van der Waals surface area (Å²) < 4.78 is 26.8. The first-order valence-corrected chi connectivity index (χ1v) is 5.91. The Balaban J connectivity index is 2.10. The molecule has 0 radical (unpaired) electrons. The molecule has 1 aliphatic rings. The van der Waals surface area contributed by atoms with E-state index in [0.717, 1.165) is 19.2 Å². The number of halogens is 2. The Kier molecular flexibility index (Phi) is 4.11. The topological polar surface area (TPSA) is 38.7 Å². The van der Waals surface area contributed by atoms with E-state index < -0.39 is 11.6 Å². The smallest absolute Gasteiger partial charge is 0.149 e. The fraction of sp³-hybridized carbons (Fsp3) is 0.500. The van der Waals surface area contributed by atoms with Crippen molar-refractivity contribution >= 4 is 5.69 Å². The second-order valence-corrected chi connectivity index (χ2v) is 4.47. The summed E-state index contributed by atoms with van der Waals surface area (Å²) >= 11 is 0. The number of nitrogens with zero attached hydrogens (tertiary/aromatic N) is 2. The molecule has 0 aromatic heterocycles. The van der Waals surface area contributed by atoms with Gasteiger partial charge in [-0.3, -0.25) is 4.90 Å². The highest BCUT2D eigenvalue weighted by Gasteiger charge is 2.21. The first-order valence-electron chi connectivity index (χ1n) is 5.91. The fourth-order valence-corrected chi connectivity index (χ4v) is 2.32. The molecule has 1 heterocycles. The van der Waals surface area contributed by atoms with Crippen molar-refractivity contribution in [2.24, 2.45) is 0 Å². The van der Waals surface area contributed by atoms with Crippen molar-refractivity contribution in [2.45, 2.75) is 6.92 Å². The van der Waals surface area contributed by atoms with Crippen LogP contribution in [0.15, 0.2) is 12.1 Å². The quantitative estimate of drug-likeness (QED) is 0.801. The minimum atomic E-state index is -0.545. The second-order valence-electron chi connectivity index (χ2n) is 4.47. The Morgan fingerprint density at radius 1 is 1.22 bits per heavy atom. The van der Waals surface area contributed by atoms with Crippen molar-refractivity contribution in [2.75, 3.05) is 37.7 Å². The predicted octanol–water partition coefficient (Wildman–Crippen LogP) is 1.33. The third-order valence-corrected chi connectivity index (χ3v) is 3.20. The molecule has 0 amide bonds. The zero-order chi connectivity index (χ0) is 13.1. The summed E-state index contributed by atoms with van der Waals surface area (Å²) in [6.07, 6.45) is 0. The van der Waals surface area contributed by atoms with E-state index in [-0.39, 0.29) is 0 Å². The van der Waals surface area contributed by atoms with Gasteiger partial charge in [0.2, 0.25) is 0 Å². The van der Waals surface area contributed by atoms with Gasteiger partial charge in [-0.2, -0.15) is 5.48 Å². The van der Waals surface area contributed by atoms with Crippen LogP contribution in [0.3, 0.4) is 0 Å². The molecule has 1 saturated heterocycles. The highest BCUT2D eigenvalue weighted by Crippen LogP contribution is 2.26. The summed E-state index contributed by atoms with van der Waals surface area (Å²) in [5.41, 5.74) is 3.20. The normalized spacial score (nSPS) is 17.2. The van der Waals surface area contributed by atoms with E-state index in [4.69, 9.17) is 5.21 Å². The molecule has 4 nitrogen and oxygen atoms in total. The standard InChI is InChI=1S/C12H17F2N3O/c1-9-6-10(13)7-11(14)12(9)17-4-2-16(3-5-17)8-15-18/h6-7,15,18H,2-5,8H2,1H3. The van der Waals surface area contributed by atoms with Crippen LogP contribution < -0.4 is 10.4 Å². The lowest BCUT2D eigenvalue weighted by molar-refractivity contribution is 0.0943. The van der Waals surface area contributed by atoms with Crippen LogP contribution >= 0.6 is 0 Å². The van der Waals surface area contributed by atoms with Crippen molar-refractivity contribution in [3.05, 3.63) is 29.3 Å². The van der Waals surface area contributed by atoms with Crippen LogP contribution in [-0.2, 0) is 0 Å². The van der Waals surface area contributed by atoms with Crippen LogP contribution in [0, 0.1) is 18.6 Å². The van der Waals surface area contributed by atoms with Crippen molar-refractivity contribution in [3.63, 3.8) is 0 Å². The lowest BCUT2D eigenvalue weighted by Crippen LogP contribution is -2.49. The van der Waals surface area contributed by atoms with Crippen molar-refractivity contribution in [1.82, 2.24) is 10.4 Å². The largest absolute Gasteiger partial charge is 0.366 e. The number of nitrogens with one attached hydrogen (secondary N) is 1. The predicted molar refractivity (Wildman–Crippen MR) is 64.7 cm³/mol. The zero-order valence-corrected chi connectivity index (χ0v) is 10.3. The molecule has 100 valence electrons. The maximum absolute atomic E-state index is 13.8. The Labute approximate surface area is 105 Å². The van der Waals surface area contributed by atoms with E-state index in [9.17, 15) is 8.78 Å². The van der Waals surface area contributed by atoms with Gasteiger partial charge in [-0.15, -0.1) is 0 Å². The molecule has 6 heteroatoms. The molecule has 2 N–H and O–H groups in total. The molecule has 0 unspecified atom stereocenters. The van der Waals surface area contributed by atoms with E-state index >= 15 is 0 Å². The van der Waals surface area contributed by atoms with Gasteiger partial charge in [-0.05, 0) is 18.6 Å². The number of aryl methyl sites for hydroxylation is 1. The van der Waals surface area contributed by atoms with Crippen LogP contribution in [0.1, 0.15) is 5.56 Å². The Morgan fingerprint density at radius 2 is 1.89 bits per heavy atom.